The summed E-state index contributed by atoms with van der Waals surface area (Å²) in [5, 5.41) is 0. The van der Waals surface area contributed by atoms with Gasteiger partial charge in [-0.2, -0.15) is 0 Å². The van der Waals surface area contributed by atoms with E-state index in [1.165, 1.54) is 75.8 Å². The molecule has 0 amide bonds. The van der Waals surface area contributed by atoms with E-state index in [0.717, 1.165) is 35.4 Å². The van der Waals surface area contributed by atoms with Crippen molar-refractivity contribution in [1.82, 2.24) is 0 Å². The maximum absolute atomic E-state index is 11.4. The predicted molar refractivity (Wildman–Crippen MR) is 166 cm³/mol. The Hall–Kier alpha value is -0.526. The van der Waals surface area contributed by atoms with Crippen LogP contribution in [0.2, 0.25) is 0 Å². The van der Waals surface area contributed by atoms with Crippen LogP contribution in [0.25, 0.3) is 16.9 Å². The van der Waals surface area contributed by atoms with E-state index >= 15 is 0 Å². The van der Waals surface area contributed by atoms with Crippen LogP contribution in [-0.2, 0) is 8.07 Å². The van der Waals surface area contributed by atoms with Crippen LogP contribution in [0, 0.1) is 41.5 Å². The number of aryl methyl sites for hydroxylation is 4. The molecule has 0 aromatic heterocycles. The number of hydrogen-bond acceptors (Lipinski definition) is 0. The molecule has 35 heavy (non-hydrogen) atoms. The number of allylic oxidation sites excluding steroid dienone is 2. The third-order valence-corrected chi connectivity index (χ3v) is 7.28. The normalized spacial score (nSPS) is 13.3. The van der Waals surface area contributed by atoms with Gasteiger partial charge in [-0.25, -0.2) is 4.70 Å². The Morgan fingerprint density at radius 3 is 1.63 bits per heavy atom. The molecule has 0 fully saturated rings. The number of hydrogen-bond donors (Lipinski definition) is 0. The van der Waals surface area contributed by atoms with Gasteiger partial charge in [-0.05, 0) is 112 Å². The zero-order chi connectivity index (χ0) is 26.1. The Balaban J connectivity index is 0.00000137. The van der Waals surface area contributed by atoms with Gasteiger partial charge in [0.25, 0.3) is 0 Å². The molecule has 2 nitrogen and oxygen atoms in total. The Bertz CT molecular complexity index is 1070. The molecule has 1 aliphatic rings. The fourth-order valence-corrected chi connectivity index (χ4v) is 4.71. The van der Waals surface area contributed by atoms with Crippen molar-refractivity contribution in [3.8, 4) is 0 Å². The molecule has 0 atom stereocenters. The number of unbranched alkanes of at least 4 members (excludes halogenated alkanes) is 5. The quantitative estimate of drug-likeness (QED) is 0.106. The molecule has 0 saturated carbocycles. The SMILES string of the molecule is CCCCCCCCC1=C(c2cc(C)c(C)c(C)c2)[N+](=[N-])C(c2cc(C)c(C)c(C)c2)=C1.[I][Ni][I]. The number of nitrogens with zero attached hydrogens (tertiary/aromatic N) is 2. The van der Waals surface area contributed by atoms with Crippen LogP contribution >= 0.6 is 41.0 Å². The molecule has 0 radical (unpaired) electrons. The van der Waals surface area contributed by atoms with Gasteiger partial charge in [-0.3, -0.25) is 0 Å². The average Bonchev–Trinajstić information content (AvgIpc) is 3.14. The van der Waals surface area contributed by atoms with Gasteiger partial charge >= 0.3 is 49.0 Å². The van der Waals surface area contributed by atoms with Gasteiger partial charge in [0, 0.05) is 22.8 Å². The second-order valence-corrected chi connectivity index (χ2v) is 18.1. The molecular weight excluding hydrogens is 701 g/mol. The summed E-state index contributed by atoms with van der Waals surface area (Å²) >= 11 is 4.43. The monoisotopic (exact) mass is 740 g/mol. The van der Waals surface area contributed by atoms with E-state index in [9.17, 15) is 5.53 Å². The van der Waals surface area contributed by atoms with E-state index in [0.29, 0.717) is 0 Å². The van der Waals surface area contributed by atoms with Crippen molar-refractivity contribution in [2.45, 2.75) is 93.4 Å². The molecule has 0 spiro atoms. The van der Waals surface area contributed by atoms with Gasteiger partial charge in [0.1, 0.15) is 0 Å². The minimum atomic E-state index is 0.892. The number of benzene rings is 2. The minimum absolute atomic E-state index is 0.892. The molecule has 0 aliphatic carbocycles. The van der Waals surface area contributed by atoms with Crippen LogP contribution in [0.5, 0.6) is 0 Å². The zero-order valence-corrected chi connectivity index (χ0v) is 27.6. The number of halogens is 2. The van der Waals surface area contributed by atoms with Crippen LogP contribution in [0.15, 0.2) is 35.9 Å². The molecule has 1 heterocycles. The summed E-state index contributed by atoms with van der Waals surface area (Å²) in [6, 6.07) is 8.86. The molecule has 0 unspecified atom stereocenters. The van der Waals surface area contributed by atoms with E-state index in [1.807, 2.05) is 0 Å². The molecule has 0 saturated heterocycles. The van der Waals surface area contributed by atoms with E-state index in [2.05, 4.69) is 120 Å². The molecule has 2 aromatic carbocycles. The molecule has 2 aromatic rings. The summed E-state index contributed by atoms with van der Waals surface area (Å²) in [5.41, 5.74) is 24.4. The predicted octanol–water partition coefficient (Wildman–Crippen LogP) is 10.9. The van der Waals surface area contributed by atoms with Gasteiger partial charge in [0.05, 0.1) is 0 Å². The Morgan fingerprint density at radius 2 is 1.14 bits per heavy atom. The first-order valence-electron chi connectivity index (χ1n) is 12.6. The van der Waals surface area contributed by atoms with Gasteiger partial charge in [-0.1, -0.05) is 39.0 Å². The molecule has 0 N–H and O–H groups in total. The standard InChI is InChI=1S/C30H40N2.2HI.Ni/c1-8-9-10-11-12-13-14-26-19-29(27-15-20(2)24(6)21(3)16-27)32(31)30(26)28-17-22(4)25(7)23(5)18-28;;;/h15-19H,8-14H2,1-7H3;2*1H;/q;;;+2/p-2. The molecule has 5 heteroatoms. The molecule has 1 aliphatic heterocycles. The first-order valence-corrected chi connectivity index (χ1v) is 19.0. The summed E-state index contributed by atoms with van der Waals surface area (Å²) in [4.78, 5) is 0. The average molecular weight is 741 g/mol. The van der Waals surface area contributed by atoms with Crippen molar-refractivity contribution in [1.29, 1.82) is 0 Å². The second kappa shape index (κ2) is 15.0. The summed E-state index contributed by atoms with van der Waals surface area (Å²) < 4.78 is 1.44. The Morgan fingerprint density at radius 1 is 0.714 bits per heavy atom. The van der Waals surface area contributed by atoms with Gasteiger partial charge in [0.2, 0.25) is 11.4 Å². The van der Waals surface area contributed by atoms with E-state index < -0.39 is 0 Å². The van der Waals surface area contributed by atoms with Crippen LogP contribution in [0.3, 0.4) is 0 Å². The van der Waals surface area contributed by atoms with Crippen LogP contribution in [-0.4, -0.2) is 4.70 Å². The third-order valence-electron chi connectivity index (χ3n) is 7.28. The van der Waals surface area contributed by atoms with Crippen LogP contribution in [0.4, 0.5) is 0 Å². The van der Waals surface area contributed by atoms with Gasteiger partial charge in [0.15, 0.2) is 0 Å². The summed E-state index contributed by atoms with van der Waals surface area (Å²) in [6.07, 6.45) is 10.9. The molecule has 194 valence electrons. The van der Waals surface area contributed by atoms with Gasteiger partial charge < -0.3 is 5.53 Å². The zero-order valence-electron chi connectivity index (χ0n) is 22.3. The van der Waals surface area contributed by atoms with E-state index in [-0.39, 0.29) is 0 Å². The van der Waals surface area contributed by atoms with Gasteiger partial charge in [-0.15, -0.1) is 0 Å². The van der Waals surface area contributed by atoms with Crippen LogP contribution in [0.1, 0.15) is 96.4 Å². The first kappa shape index (κ1) is 30.7. The summed E-state index contributed by atoms with van der Waals surface area (Å²) in [5.74, 6) is 0. The fraction of sp³-hybridized carbons (Fsp3) is 0.467. The van der Waals surface area contributed by atoms with E-state index in [4.69, 9.17) is 0 Å². The Labute approximate surface area is 242 Å². The summed E-state index contributed by atoms with van der Waals surface area (Å²) in [6.45, 7) is 15.2. The van der Waals surface area contributed by atoms with Crippen molar-refractivity contribution in [3.63, 3.8) is 0 Å². The van der Waals surface area contributed by atoms with Crippen molar-refractivity contribution in [2.24, 2.45) is 0 Å². The van der Waals surface area contributed by atoms with Crippen LogP contribution < -0.4 is 0 Å². The van der Waals surface area contributed by atoms with Crippen molar-refractivity contribution in [2.75, 3.05) is 0 Å². The van der Waals surface area contributed by atoms with E-state index in [1.54, 1.807) is 8.07 Å². The summed E-state index contributed by atoms with van der Waals surface area (Å²) in [7, 11) is 1.56. The first-order chi connectivity index (χ1) is 16.7. The maximum atomic E-state index is 11.4. The fourth-order valence-electron chi connectivity index (χ4n) is 4.71. The Kier molecular flexibility index (Phi) is 13.2. The topological polar surface area (TPSA) is 25.3 Å². The third kappa shape index (κ3) is 8.23. The molecular formula is C30H40I2N2Ni. The second-order valence-electron chi connectivity index (χ2n) is 9.75. The number of rotatable bonds is 9. The van der Waals surface area contributed by atoms with Crippen molar-refractivity contribution in [3.05, 3.63) is 86.0 Å². The molecule has 0 bridgehead atoms. The van der Waals surface area contributed by atoms with Crippen molar-refractivity contribution >= 4 is 52.4 Å². The van der Waals surface area contributed by atoms with Crippen molar-refractivity contribution < 1.29 is 12.8 Å². The molecule has 3 rings (SSSR count).